The van der Waals surface area contributed by atoms with Gasteiger partial charge in [-0.2, -0.15) is 0 Å². The van der Waals surface area contributed by atoms with Gasteiger partial charge >= 0.3 is 5.97 Å². The first-order chi connectivity index (χ1) is 13.3. The lowest BCUT2D eigenvalue weighted by molar-refractivity contribution is 0.0695. The van der Waals surface area contributed by atoms with Crippen LogP contribution in [0.4, 0.5) is 14.5 Å². The molecule has 1 unspecified atom stereocenters. The minimum Gasteiger partial charge on any atom is -0.487 e. The number of nitrogens with zero attached hydrogens (tertiary/aromatic N) is 2. The number of nitrogens with two attached hydrogens (primary N) is 1. The first-order valence-corrected chi connectivity index (χ1v) is 9.19. The minimum atomic E-state index is -1.47. The maximum absolute atomic E-state index is 15.3. The molecule has 0 amide bonds. The number of aromatic carboxylic acids is 1. The summed E-state index contributed by atoms with van der Waals surface area (Å²) in [4.78, 5) is 26.1. The van der Waals surface area contributed by atoms with Gasteiger partial charge in [0, 0.05) is 24.7 Å². The van der Waals surface area contributed by atoms with E-state index in [2.05, 4.69) is 4.90 Å². The van der Waals surface area contributed by atoms with Gasteiger partial charge in [0.1, 0.15) is 5.56 Å². The molecule has 1 atom stereocenters. The van der Waals surface area contributed by atoms with E-state index in [1.54, 1.807) is 0 Å². The van der Waals surface area contributed by atoms with Crippen molar-refractivity contribution in [3.8, 4) is 5.75 Å². The number of benzene rings is 1. The highest BCUT2D eigenvalue weighted by atomic mass is 19.1. The summed E-state index contributed by atoms with van der Waals surface area (Å²) in [5.74, 6) is -4.13. The lowest BCUT2D eigenvalue weighted by Gasteiger charge is -2.18. The summed E-state index contributed by atoms with van der Waals surface area (Å²) in [6.07, 6.45) is 3.38. The number of hydrogen-bond donors (Lipinski definition) is 2. The monoisotopic (exact) mass is 393 g/mol. The lowest BCUT2D eigenvalue weighted by Crippen LogP contribution is -2.22. The molecule has 28 heavy (non-hydrogen) atoms. The largest absolute Gasteiger partial charge is 0.487 e. The maximum atomic E-state index is 15.3. The summed E-state index contributed by atoms with van der Waals surface area (Å²) in [5, 5.41) is 8.84. The maximum Gasteiger partial charge on any atom is 0.341 e. The molecule has 1 aliphatic carbocycles. The Kier molecular flexibility index (Phi) is 4.49. The third kappa shape index (κ3) is 2.99. The van der Waals surface area contributed by atoms with Gasteiger partial charge in [0.2, 0.25) is 5.43 Å². The van der Waals surface area contributed by atoms with E-state index < -0.39 is 45.4 Å². The zero-order chi connectivity index (χ0) is 20.2. The fourth-order valence-electron chi connectivity index (χ4n) is 3.83. The molecule has 1 saturated heterocycles. The molecular formula is C19H21F2N3O4. The number of halogens is 2. The molecular weight excluding hydrogens is 372 g/mol. The van der Waals surface area contributed by atoms with Crippen molar-refractivity contribution in [1.82, 2.24) is 9.47 Å². The average molecular weight is 393 g/mol. The number of pyridine rings is 1. The average Bonchev–Trinajstić information content (AvgIpc) is 3.41. The van der Waals surface area contributed by atoms with Crippen molar-refractivity contribution in [2.75, 3.05) is 32.5 Å². The fraction of sp³-hybridized carbons (Fsp3) is 0.474. The first-order valence-electron chi connectivity index (χ1n) is 9.19. The third-order valence-electron chi connectivity index (χ3n) is 5.47. The number of likely N-dealkylation sites (tertiary alicyclic amines) is 1. The van der Waals surface area contributed by atoms with Gasteiger partial charge in [-0.25, -0.2) is 13.6 Å². The first kappa shape index (κ1) is 18.7. The Morgan fingerprint density at radius 2 is 2.04 bits per heavy atom. The van der Waals surface area contributed by atoms with Gasteiger partial charge in [0.25, 0.3) is 0 Å². The predicted molar refractivity (Wildman–Crippen MR) is 98.9 cm³/mol. The molecule has 9 heteroatoms. The minimum absolute atomic E-state index is 0.129. The van der Waals surface area contributed by atoms with Crippen LogP contribution in [0.25, 0.3) is 10.9 Å². The van der Waals surface area contributed by atoms with Crippen LogP contribution < -0.4 is 15.9 Å². The Balaban J connectivity index is 1.86. The van der Waals surface area contributed by atoms with Gasteiger partial charge in [-0.15, -0.1) is 0 Å². The van der Waals surface area contributed by atoms with Crippen LogP contribution in [-0.2, 0) is 0 Å². The van der Waals surface area contributed by atoms with Crippen LogP contribution in [0.2, 0.25) is 0 Å². The summed E-state index contributed by atoms with van der Waals surface area (Å²) in [7, 11) is 1.96. The molecule has 0 bridgehead atoms. The highest BCUT2D eigenvalue weighted by Crippen LogP contribution is 2.41. The number of ether oxygens (including phenoxy) is 1. The van der Waals surface area contributed by atoms with Crippen molar-refractivity contribution in [1.29, 1.82) is 0 Å². The Morgan fingerprint density at radius 3 is 2.61 bits per heavy atom. The molecule has 7 nitrogen and oxygen atoms in total. The lowest BCUT2D eigenvalue weighted by atomic mass is 10.1. The van der Waals surface area contributed by atoms with Crippen molar-refractivity contribution in [2.45, 2.75) is 25.3 Å². The van der Waals surface area contributed by atoms with E-state index in [-0.39, 0.29) is 24.1 Å². The van der Waals surface area contributed by atoms with Crippen molar-refractivity contribution in [3.05, 3.63) is 33.6 Å². The number of nitrogen functional groups attached to an aromatic ring is 1. The Hall–Kier alpha value is -2.68. The van der Waals surface area contributed by atoms with Crippen LogP contribution in [0.15, 0.2) is 11.0 Å². The van der Waals surface area contributed by atoms with E-state index in [0.29, 0.717) is 12.8 Å². The zero-order valence-electron chi connectivity index (χ0n) is 15.4. The highest BCUT2D eigenvalue weighted by molar-refractivity contribution is 5.98. The quantitative estimate of drug-likeness (QED) is 0.756. The molecule has 1 aliphatic heterocycles. The van der Waals surface area contributed by atoms with Crippen LogP contribution in [0.5, 0.6) is 5.75 Å². The van der Waals surface area contributed by atoms with Crippen molar-refractivity contribution in [2.24, 2.45) is 5.92 Å². The Bertz CT molecular complexity index is 1030. The van der Waals surface area contributed by atoms with E-state index in [0.717, 1.165) is 25.7 Å². The van der Waals surface area contributed by atoms with Gasteiger partial charge in [-0.05, 0) is 32.9 Å². The van der Waals surface area contributed by atoms with Crippen LogP contribution in [0.1, 0.15) is 35.7 Å². The second-order valence-corrected chi connectivity index (χ2v) is 7.64. The molecule has 1 aromatic carbocycles. The number of carbonyl (C=O) groups is 1. The summed E-state index contributed by atoms with van der Waals surface area (Å²) in [6, 6.07) is -0.156. The molecule has 1 saturated carbocycles. The van der Waals surface area contributed by atoms with E-state index in [1.807, 2.05) is 7.05 Å². The number of fused-ring (bicyclic) bond motifs is 1. The summed E-state index contributed by atoms with van der Waals surface area (Å²) >= 11 is 0. The van der Waals surface area contributed by atoms with E-state index in [1.165, 1.54) is 4.57 Å². The smallest absolute Gasteiger partial charge is 0.341 e. The number of aromatic nitrogens is 1. The molecule has 2 heterocycles. The van der Waals surface area contributed by atoms with Crippen molar-refractivity contribution in [3.63, 3.8) is 0 Å². The number of rotatable bonds is 5. The fourth-order valence-corrected chi connectivity index (χ4v) is 3.83. The number of anilines is 1. The van der Waals surface area contributed by atoms with Crippen LogP contribution >= 0.6 is 0 Å². The molecule has 0 spiro atoms. The number of carboxylic acids is 1. The molecule has 3 N–H and O–H groups in total. The zero-order valence-corrected chi connectivity index (χ0v) is 15.4. The second kappa shape index (κ2) is 6.73. The molecule has 4 rings (SSSR count). The predicted octanol–water partition coefficient (Wildman–Crippen LogP) is 2.23. The summed E-state index contributed by atoms with van der Waals surface area (Å²) < 4.78 is 36.9. The standard InChI is InChI=1S/C19H21F2N3O4/c1-23-5-4-9(6-23)8-28-18-13(20)15(22)12-16(14(18)21)24(10-2-3-10)7-11(17(12)25)19(26)27/h7,9-10H,2-6,8,22H2,1H3,(H,26,27). The van der Waals surface area contributed by atoms with Gasteiger partial charge in [0.05, 0.1) is 23.2 Å². The van der Waals surface area contributed by atoms with Crippen LogP contribution in [-0.4, -0.2) is 47.3 Å². The van der Waals surface area contributed by atoms with Gasteiger partial charge in [-0.3, -0.25) is 4.79 Å². The molecule has 2 fully saturated rings. The van der Waals surface area contributed by atoms with Gasteiger partial charge in [-0.1, -0.05) is 0 Å². The molecule has 150 valence electrons. The summed E-state index contributed by atoms with van der Waals surface area (Å²) in [5.41, 5.74) is 3.47. The highest BCUT2D eigenvalue weighted by Gasteiger charge is 2.32. The van der Waals surface area contributed by atoms with Crippen molar-refractivity contribution < 1.29 is 23.4 Å². The number of hydrogen-bond acceptors (Lipinski definition) is 5. The molecule has 0 radical (unpaired) electrons. The number of carboxylic acid groups (broad SMARTS) is 1. The second-order valence-electron chi connectivity index (χ2n) is 7.64. The Morgan fingerprint density at radius 1 is 1.32 bits per heavy atom. The van der Waals surface area contributed by atoms with Gasteiger partial charge < -0.3 is 25.0 Å². The third-order valence-corrected chi connectivity index (χ3v) is 5.47. The van der Waals surface area contributed by atoms with Gasteiger partial charge in [0.15, 0.2) is 17.4 Å². The SMILES string of the molecule is CN1CCC(COc2c(F)c(N)c3c(=O)c(C(=O)O)cn(C4CC4)c3c2F)C1. The molecule has 1 aromatic heterocycles. The van der Waals surface area contributed by atoms with Crippen molar-refractivity contribution >= 4 is 22.6 Å². The normalized spacial score (nSPS) is 20.0. The Labute approximate surface area is 159 Å². The van der Waals surface area contributed by atoms with E-state index >= 15 is 4.39 Å². The molecule has 2 aliphatic rings. The van der Waals surface area contributed by atoms with Crippen LogP contribution in [0.3, 0.4) is 0 Å². The van der Waals surface area contributed by atoms with E-state index in [9.17, 15) is 19.1 Å². The van der Waals surface area contributed by atoms with Crippen LogP contribution in [0, 0.1) is 17.6 Å². The summed E-state index contributed by atoms with van der Waals surface area (Å²) in [6.45, 7) is 1.78. The topological polar surface area (TPSA) is 97.8 Å². The van der Waals surface area contributed by atoms with E-state index in [4.69, 9.17) is 10.5 Å². The molecule has 2 aromatic rings.